The number of aliphatic hydroxyl groups is 6. The summed E-state index contributed by atoms with van der Waals surface area (Å²) in [7, 11) is 0. The second kappa shape index (κ2) is 15.7. The molecular formula is C26H52N8O11. The van der Waals surface area contributed by atoms with Gasteiger partial charge in [0.15, 0.2) is 6.29 Å². The molecule has 15 atom stereocenters. The minimum atomic E-state index is -1.61. The fourth-order valence-electron chi connectivity index (χ4n) is 6.90. The monoisotopic (exact) mass is 652 g/mol. The van der Waals surface area contributed by atoms with Crippen LogP contribution in [0.25, 0.3) is 0 Å². The highest BCUT2D eigenvalue weighted by molar-refractivity contribution is 5.73. The van der Waals surface area contributed by atoms with Gasteiger partial charge >= 0.3 is 6.03 Å². The Labute approximate surface area is 260 Å². The second-order valence-corrected chi connectivity index (χ2v) is 12.7. The minimum absolute atomic E-state index is 0.0414. The third-order valence-corrected chi connectivity index (χ3v) is 9.57. The van der Waals surface area contributed by atoms with Crippen molar-refractivity contribution in [2.75, 3.05) is 32.8 Å². The predicted molar refractivity (Wildman–Crippen MR) is 155 cm³/mol. The van der Waals surface area contributed by atoms with E-state index in [1.807, 2.05) is 0 Å². The number of carbonyl (C=O) groups excluding carboxylic acids is 1. The fraction of sp³-hybridized carbons (Fsp3) is 0.962. The SMILES string of the molecule is NCCN(O)C(=O)NC1CC(N)C(C2OC(CN)C(O)C(O)C2NCC2CC(N)C2)C(O)C1OC1OC(CO)C(O)C(N)C1O. The Morgan fingerprint density at radius 2 is 1.60 bits per heavy atom. The van der Waals surface area contributed by atoms with Gasteiger partial charge in [-0.05, 0) is 31.7 Å². The number of nitrogens with one attached hydrogen (secondary N) is 2. The van der Waals surface area contributed by atoms with Crippen molar-refractivity contribution in [2.45, 2.75) is 111 Å². The number of amides is 2. The summed E-state index contributed by atoms with van der Waals surface area (Å²) >= 11 is 0. The molecule has 4 rings (SSSR count). The lowest BCUT2D eigenvalue weighted by Crippen LogP contribution is -2.73. The molecule has 0 aromatic heterocycles. The molecule has 19 N–H and O–H groups in total. The number of carbonyl (C=O) groups is 1. The zero-order valence-electron chi connectivity index (χ0n) is 25.1. The van der Waals surface area contributed by atoms with Crippen molar-refractivity contribution in [1.82, 2.24) is 15.7 Å². The van der Waals surface area contributed by atoms with Crippen LogP contribution in [0.5, 0.6) is 0 Å². The Balaban J connectivity index is 1.63. The number of nitrogens with two attached hydrogens (primary N) is 5. The lowest BCUT2D eigenvalue weighted by atomic mass is 9.71. The molecule has 0 bridgehead atoms. The molecule has 4 fully saturated rings. The molecule has 45 heavy (non-hydrogen) atoms. The highest BCUT2D eigenvalue weighted by Crippen LogP contribution is 2.38. The topological polar surface area (TPSA) is 344 Å². The molecule has 2 aliphatic carbocycles. The van der Waals surface area contributed by atoms with E-state index in [0.29, 0.717) is 11.6 Å². The smallest absolute Gasteiger partial charge is 0.341 e. The van der Waals surface area contributed by atoms with Crippen LogP contribution in [0, 0.1) is 11.8 Å². The third-order valence-electron chi connectivity index (χ3n) is 9.57. The predicted octanol–water partition coefficient (Wildman–Crippen LogP) is -7.28. The number of urea groups is 1. The maximum absolute atomic E-state index is 12.8. The molecule has 0 spiro atoms. The minimum Gasteiger partial charge on any atom is -0.394 e. The van der Waals surface area contributed by atoms with Gasteiger partial charge in [-0.25, -0.2) is 9.86 Å². The molecular weight excluding hydrogens is 600 g/mol. The van der Waals surface area contributed by atoms with E-state index in [0.717, 1.165) is 12.8 Å². The van der Waals surface area contributed by atoms with Gasteiger partial charge in [-0.2, -0.15) is 0 Å². The zero-order chi connectivity index (χ0) is 33.2. The van der Waals surface area contributed by atoms with Crippen LogP contribution in [-0.2, 0) is 14.2 Å². The van der Waals surface area contributed by atoms with Gasteiger partial charge in [-0.15, -0.1) is 0 Å². The molecule has 2 heterocycles. The van der Waals surface area contributed by atoms with Crippen LogP contribution in [0.4, 0.5) is 4.79 Å². The fourth-order valence-corrected chi connectivity index (χ4v) is 6.90. The lowest BCUT2D eigenvalue weighted by Gasteiger charge is -2.53. The summed E-state index contributed by atoms with van der Waals surface area (Å²) in [5.41, 5.74) is 29.8. The summed E-state index contributed by atoms with van der Waals surface area (Å²) in [5, 5.41) is 80.9. The molecule has 2 saturated carbocycles. The van der Waals surface area contributed by atoms with E-state index in [1.54, 1.807) is 0 Å². The van der Waals surface area contributed by atoms with Gasteiger partial charge in [-0.3, -0.25) is 5.21 Å². The van der Waals surface area contributed by atoms with Gasteiger partial charge < -0.3 is 84.2 Å². The quantitative estimate of drug-likeness (QED) is 0.0727. The molecule has 4 aliphatic rings. The van der Waals surface area contributed by atoms with Crippen LogP contribution in [0.3, 0.4) is 0 Å². The zero-order valence-corrected chi connectivity index (χ0v) is 25.1. The number of aliphatic hydroxyl groups excluding tert-OH is 6. The summed E-state index contributed by atoms with van der Waals surface area (Å²) in [4.78, 5) is 12.8. The number of nitrogens with zero attached hydrogens (tertiary/aromatic N) is 1. The van der Waals surface area contributed by atoms with Gasteiger partial charge in [0.1, 0.15) is 36.6 Å². The van der Waals surface area contributed by atoms with Crippen LogP contribution >= 0.6 is 0 Å². The van der Waals surface area contributed by atoms with Crippen molar-refractivity contribution in [1.29, 1.82) is 0 Å². The van der Waals surface area contributed by atoms with E-state index in [2.05, 4.69) is 10.6 Å². The Hall–Kier alpha value is -1.37. The van der Waals surface area contributed by atoms with Crippen molar-refractivity contribution < 1.29 is 54.9 Å². The molecule has 2 amide bonds. The molecule has 262 valence electrons. The van der Waals surface area contributed by atoms with Gasteiger partial charge in [0.05, 0.1) is 49.6 Å². The summed E-state index contributed by atoms with van der Waals surface area (Å²) in [6, 6.07) is -5.05. The molecule has 0 aromatic carbocycles. The average molecular weight is 653 g/mol. The lowest BCUT2D eigenvalue weighted by molar-refractivity contribution is -0.307. The van der Waals surface area contributed by atoms with Gasteiger partial charge in [0.2, 0.25) is 0 Å². The van der Waals surface area contributed by atoms with E-state index in [4.69, 9.17) is 42.9 Å². The highest BCUT2D eigenvalue weighted by atomic mass is 16.7. The largest absolute Gasteiger partial charge is 0.394 e. The van der Waals surface area contributed by atoms with Gasteiger partial charge in [-0.1, -0.05) is 0 Å². The first-order chi connectivity index (χ1) is 21.3. The van der Waals surface area contributed by atoms with Crippen LogP contribution in [0.15, 0.2) is 0 Å². The molecule has 2 aliphatic heterocycles. The molecule has 15 unspecified atom stereocenters. The van der Waals surface area contributed by atoms with Gasteiger partial charge in [0.25, 0.3) is 0 Å². The highest BCUT2D eigenvalue weighted by Gasteiger charge is 2.56. The maximum atomic E-state index is 12.8. The van der Waals surface area contributed by atoms with E-state index in [9.17, 15) is 40.6 Å². The first kappa shape index (κ1) is 36.5. The average Bonchev–Trinajstić information content (AvgIpc) is 2.99. The maximum Gasteiger partial charge on any atom is 0.341 e. The first-order valence-electron chi connectivity index (χ1n) is 15.5. The van der Waals surface area contributed by atoms with E-state index < -0.39 is 104 Å². The van der Waals surface area contributed by atoms with Crippen LogP contribution in [0.2, 0.25) is 0 Å². The Kier molecular flexibility index (Phi) is 12.7. The Morgan fingerprint density at radius 3 is 2.20 bits per heavy atom. The summed E-state index contributed by atoms with van der Waals surface area (Å²) in [5.74, 6) is -0.764. The second-order valence-electron chi connectivity index (χ2n) is 12.7. The summed E-state index contributed by atoms with van der Waals surface area (Å²) in [6.45, 7) is -0.595. The van der Waals surface area contributed by atoms with Crippen LogP contribution in [-0.4, -0.2) is 171 Å². The number of rotatable bonds is 11. The number of hydrogen-bond acceptors (Lipinski definition) is 17. The molecule has 2 saturated heterocycles. The number of ether oxygens (including phenoxy) is 3. The van der Waals surface area contributed by atoms with Crippen LogP contribution in [0.1, 0.15) is 19.3 Å². The summed E-state index contributed by atoms with van der Waals surface area (Å²) in [6.07, 6.45) is -12.0. The summed E-state index contributed by atoms with van der Waals surface area (Å²) < 4.78 is 17.8. The standard InChI is InChI=1S/C26H52N8O11/c27-1-2-34(42)26(41)33-12-5-11(30)15(20(38)23(12)45-25-21(39)16(31)18(36)14(8-35)44-25)24-17(32-7-9-3-10(29)4-9)22(40)19(37)13(6-28)43-24/h9-25,32,35-40,42H,1-8,27-31H2,(H,33,41). The molecule has 19 nitrogen and oxygen atoms in total. The van der Waals surface area contributed by atoms with Crippen molar-refractivity contribution in [3.63, 3.8) is 0 Å². The van der Waals surface area contributed by atoms with Crippen molar-refractivity contribution in [3.8, 4) is 0 Å². The first-order valence-corrected chi connectivity index (χ1v) is 15.5. The molecule has 0 radical (unpaired) electrons. The van der Waals surface area contributed by atoms with E-state index >= 15 is 0 Å². The van der Waals surface area contributed by atoms with Crippen molar-refractivity contribution in [3.05, 3.63) is 0 Å². The molecule has 0 aromatic rings. The van der Waals surface area contributed by atoms with E-state index in [-0.39, 0.29) is 38.0 Å². The van der Waals surface area contributed by atoms with E-state index in [1.165, 1.54) is 0 Å². The Bertz CT molecular complexity index is 955. The van der Waals surface area contributed by atoms with Crippen LogP contribution < -0.4 is 39.3 Å². The third kappa shape index (κ3) is 7.86. The van der Waals surface area contributed by atoms with Gasteiger partial charge in [0, 0.05) is 31.1 Å². The molecule has 19 heteroatoms. The van der Waals surface area contributed by atoms with Crippen molar-refractivity contribution in [2.24, 2.45) is 40.5 Å². The normalized spacial score (nSPS) is 47.2. The number of hydroxylamine groups is 2. The van der Waals surface area contributed by atoms with Crippen molar-refractivity contribution >= 4 is 6.03 Å². The number of hydrogen-bond donors (Lipinski definition) is 14. The Morgan fingerprint density at radius 1 is 0.911 bits per heavy atom.